The zero-order valence-electron chi connectivity index (χ0n) is 20.9. The standard InChI is InChI=1S/C27H28N6O3S/c1-4-33(27(36)15(2)3)18-7-8-19-20(13-18)30-23(22(19)25(35)29-17-5-6-17)32-24(34)21-14-37-26(31-21)16-9-11-28-12-10-16/h7-15,17,30H,4-6H2,1-3H3,(H,29,35)(H,32,34). The summed E-state index contributed by atoms with van der Waals surface area (Å²) in [5.41, 5.74) is 2.87. The first kappa shape index (κ1) is 24.6. The molecule has 9 nitrogen and oxygen atoms in total. The van der Waals surface area contributed by atoms with Crippen molar-refractivity contribution >= 4 is 51.5 Å². The van der Waals surface area contributed by atoms with Gasteiger partial charge in [-0.05, 0) is 50.1 Å². The Morgan fingerprint density at radius 3 is 2.57 bits per heavy atom. The van der Waals surface area contributed by atoms with Gasteiger partial charge in [0.15, 0.2) is 0 Å². The van der Waals surface area contributed by atoms with E-state index in [-0.39, 0.29) is 29.5 Å². The van der Waals surface area contributed by atoms with E-state index in [9.17, 15) is 14.4 Å². The number of H-pyrrole nitrogens is 1. The third kappa shape index (κ3) is 5.10. The molecular weight excluding hydrogens is 488 g/mol. The molecule has 3 amide bonds. The molecule has 37 heavy (non-hydrogen) atoms. The van der Waals surface area contributed by atoms with Crippen LogP contribution < -0.4 is 15.5 Å². The fourth-order valence-corrected chi connectivity index (χ4v) is 4.93. The molecule has 3 aromatic heterocycles. The van der Waals surface area contributed by atoms with E-state index in [1.54, 1.807) is 22.7 Å². The summed E-state index contributed by atoms with van der Waals surface area (Å²) in [7, 11) is 0. The van der Waals surface area contributed by atoms with E-state index in [2.05, 4.69) is 25.6 Å². The van der Waals surface area contributed by atoms with Crippen LogP contribution in [0.25, 0.3) is 21.5 Å². The van der Waals surface area contributed by atoms with E-state index in [1.165, 1.54) is 11.3 Å². The summed E-state index contributed by atoms with van der Waals surface area (Å²) in [4.78, 5) is 52.5. The Balaban J connectivity index is 1.48. The van der Waals surface area contributed by atoms with Crippen molar-refractivity contribution in [3.05, 3.63) is 59.4 Å². The third-order valence-corrected chi connectivity index (χ3v) is 7.10. The highest BCUT2D eigenvalue weighted by atomic mass is 32.1. The van der Waals surface area contributed by atoms with Crippen LogP contribution in [0.15, 0.2) is 48.1 Å². The average molecular weight is 517 g/mol. The summed E-state index contributed by atoms with van der Waals surface area (Å²) < 4.78 is 0. The number of rotatable bonds is 8. The Hall–Kier alpha value is -4.05. The van der Waals surface area contributed by atoms with Crippen LogP contribution in [0.2, 0.25) is 0 Å². The van der Waals surface area contributed by atoms with Gasteiger partial charge in [-0.1, -0.05) is 13.8 Å². The lowest BCUT2D eigenvalue weighted by Gasteiger charge is -2.23. The zero-order valence-corrected chi connectivity index (χ0v) is 21.7. The van der Waals surface area contributed by atoms with Gasteiger partial charge >= 0.3 is 0 Å². The van der Waals surface area contributed by atoms with Crippen molar-refractivity contribution in [1.29, 1.82) is 0 Å². The maximum Gasteiger partial charge on any atom is 0.276 e. The van der Waals surface area contributed by atoms with E-state index >= 15 is 0 Å². The number of nitrogens with zero attached hydrogens (tertiary/aromatic N) is 3. The van der Waals surface area contributed by atoms with Gasteiger partial charge < -0.3 is 20.5 Å². The summed E-state index contributed by atoms with van der Waals surface area (Å²) in [6, 6.07) is 9.31. The fourth-order valence-electron chi connectivity index (χ4n) is 4.13. The van der Waals surface area contributed by atoms with E-state index < -0.39 is 5.91 Å². The van der Waals surface area contributed by atoms with Crippen LogP contribution in [0.1, 0.15) is 54.5 Å². The average Bonchev–Trinajstić information content (AvgIpc) is 3.43. The zero-order chi connectivity index (χ0) is 26.1. The topological polar surface area (TPSA) is 120 Å². The quantitative estimate of drug-likeness (QED) is 0.310. The number of thiazole rings is 1. The van der Waals surface area contributed by atoms with Crippen molar-refractivity contribution in [2.75, 3.05) is 16.8 Å². The first-order valence-corrected chi connectivity index (χ1v) is 13.2. The molecule has 0 saturated heterocycles. The first-order valence-electron chi connectivity index (χ1n) is 12.3. The van der Waals surface area contributed by atoms with Crippen molar-refractivity contribution in [3.8, 4) is 10.6 Å². The van der Waals surface area contributed by atoms with Crippen LogP contribution in [0.3, 0.4) is 0 Å². The lowest BCUT2D eigenvalue weighted by molar-refractivity contribution is -0.121. The van der Waals surface area contributed by atoms with Gasteiger partial charge in [0.05, 0.1) is 5.56 Å². The molecule has 1 aliphatic carbocycles. The van der Waals surface area contributed by atoms with Crippen molar-refractivity contribution in [1.82, 2.24) is 20.3 Å². The lowest BCUT2D eigenvalue weighted by Crippen LogP contribution is -2.33. The van der Waals surface area contributed by atoms with Gasteiger partial charge in [-0.2, -0.15) is 0 Å². The monoisotopic (exact) mass is 516 g/mol. The maximum absolute atomic E-state index is 13.2. The molecule has 1 saturated carbocycles. The summed E-state index contributed by atoms with van der Waals surface area (Å²) in [6.07, 6.45) is 5.24. The molecule has 0 unspecified atom stereocenters. The van der Waals surface area contributed by atoms with Crippen molar-refractivity contribution < 1.29 is 14.4 Å². The Bertz CT molecular complexity index is 1470. The van der Waals surface area contributed by atoms with Crippen molar-refractivity contribution in [2.24, 2.45) is 5.92 Å². The number of nitrogens with one attached hydrogen (secondary N) is 3. The lowest BCUT2D eigenvalue weighted by atomic mass is 10.1. The Kier molecular flexibility index (Phi) is 6.75. The molecule has 0 bridgehead atoms. The normalized spacial score (nSPS) is 13.1. The molecule has 0 aliphatic heterocycles. The van der Waals surface area contributed by atoms with Crippen LogP contribution in [0.5, 0.6) is 0 Å². The Morgan fingerprint density at radius 2 is 1.89 bits per heavy atom. The predicted octanol–water partition coefficient (Wildman–Crippen LogP) is 4.84. The van der Waals surface area contributed by atoms with Crippen LogP contribution in [-0.2, 0) is 4.79 Å². The molecule has 1 aromatic carbocycles. The van der Waals surface area contributed by atoms with E-state index in [4.69, 9.17) is 0 Å². The summed E-state index contributed by atoms with van der Waals surface area (Å²) in [5, 5.41) is 8.93. The van der Waals surface area contributed by atoms with E-state index in [1.807, 2.05) is 51.1 Å². The van der Waals surface area contributed by atoms with Crippen LogP contribution >= 0.6 is 11.3 Å². The minimum Gasteiger partial charge on any atom is -0.349 e. The summed E-state index contributed by atoms with van der Waals surface area (Å²) in [6.45, 7) is 6.17. The van der Waals surface area contributed by atoms with Gasteiger partial charge in [-0.3, -0.25) is 19.4 Å². The van der Waals surface area contributed by atoms with Gasteiger partial charge in [0.25, 0.3) is 11.8 Å². The van der Waals surface area contributed by atoms with Crippen molar-refractivity contribution in [2.45, 2.75) is 39.7 Å². The molecule has 0 spiro atoms. The smallest absolute Gasteiger partial charge is 0.276 e. The predicted molar refractivity (Wildman–Crippen MR) is 145 cm³/mol. The number of hydrogen-bond acceptors (Lipinski definition) is 6. The number of benzene rings is 1. The van der Waals surface area contributed by atoms with Gasteiger partial charge in [-0.15, -0.1) is 11.3 Å². The van der Waals surface area contributed by atoms with Crippen molar-refractivity contribution in [3.63, 3.8) is 0 Å². The molecule has 5 rings (SSSR count). The number of carbonyl (C=O) groups excluding carboxylic acids is 3. The van der Waals surface area contributed by atoms with Crippen LogP contribution in [0.4, 0.5) is 11.5 Å². The molecule has 1 aliphatic rings. The van der Waals surface area contributed by atoms with Gasteiger partial charge in [-0.25, -0.2) is 4.98 Å². The van der Waals surface area contributed by atoms with Gasteiger partial charge in [0.1, 0.15) is 16.5 Å². The Morgan fingerprint density at radius 1 is 1.14 bits per heavy atom. The second-order valence-electron chi connectivity index (χ2n) is 9.32. The van der Waals surface area contributed by atoms with E-state index in [0.717, 1.165) is 24.1 Å². The number of anilines is 2. The minimum absolute atomic E-state index is 0.0159. The number of amides is 3. The number of carbonyl (C=O) groups is 3. The number of aromatic nitrogens is 3. The molecule has 3 heterocycles. The fraction of sp³-hybridized carbons (Fsp3) is 0.296. The molecule has 0 radical (unpaired) electrons. The summed E-state index contributed by atoms with van der Waals surface area (Å²) in [5.74, 6) is -0.509. The largest absolute Gasteiger partial charge is 0.349 e. The maximum atomic E-state index is 13.2. The highest BCUT2D eigenvalue weighted by Crippen LogP contribution is 2.32. The summed E-state index contributed by atoms with van der Waals surface area (Å²) >= 11 is 1.36. The van der Waals surface area contributed by atoms with Gasteiger partial charge in [0.2, 0.25) is 5.91 Å². The number of hydrogen-bond donors (Lipinski definition) is 3. The number of aromatic amines is 1. The van der Waals surface area contributed by atoms with E-state index in [0.29, 0.717) is 33.8 Å². The SMILES string of the molecule is CCN(C(=O)C(C)C)c1ccc2c(C(=O)NC3CC3)c(NC(=O)c3csc(-c4ccncc4)n3)[nH]c2c1. The van der Waals surface area contributed by atoms with Crippen LogP contribution in [0, 0.1) is 5.92 Å². The Labute approximate surface area is 218 Å². The van der Waals surface area contributed by atoms with Gasteiger partial charge in [0, 0.05) is 58.4 Å². The third-order valence-electron chi connectivity index (χ3n) is 6.21. The molecule has 0 atom stereocenters. The molecule has 4 aromatic rings. The molecule has 3 N–H and O–H groups in total. The molecule has 10 heteroatoms. The second-order valence-corrected chi connectivity index (χ2v) is 10.2. The molecule has 1 fully saturated rings. The first-order chi connectivity index (χ1) is 17.9. The molecular formula is C27H28N6O3S. The second kappa shape index (κ2) is 10.1. The number of pyridine rings is 1. The number of fused-ring (bicyclic) bond motifs is 1. The highest BCUT2D eigenvalue weighted by Gasteiger charge is 2.28. The highest BCUT2D eigenvalue weighted by molar-refractivity contribution is 7.13. The molecule has 190 valence electrons. The minimum atomic E-state index is -0.422. The van der Waals surface area contributed by atoms with Crippen LogP contribution in [-0.4, -0.2) is 45.3 Å².